The van der Waals surface area contributed by atoms with E-state index in [2.05, 4.69) is 26.3 Å². The van der Waals surface area contributed by atoms with Crippen LogP contribution in [0, 0.1) is 6.42 Å². The third-order valence-corrected chi connectivity index (χ3v) is 3.40. The van der Waals surface area contributed by atoms with Crippen LogP contribution in [0.4, 0.5) is 0 Å². The van der Waals surface area contributed by atoms with Crippen molar-refractivity contribution in [1.29, 1.82) is 0 Å². The fourth-order valence-corrected chi connectivity index (χ4v) is 2.74. The Bertz CT molecular complexity index is 415. The zero-order valence-corrected chi connectivity index (χ0v) is 10.8. The monoisotopic (exact) mass is 233 g/mol. The lowest BCUT2D eigenvalue weighted by molar-refractivity contribution is 0.904. The molecule has 0 nitrogen and oxygen atoms in total. The van der Waals surface area contributed by atoms with Gasteiger partial charge in [-0.05, 0) is 30.0 Å². The van der Waals surface area contributed by atoms with E-state index in [4.69, 9.17) is 11.6 Å². The second-order valence-corrected chi connectivity index (χ2v) is 4.76. The van der Waals surface area contributed by atoms with Crippen molar-refractivity contribution < 1.29 is 0 Å². The summed E-state index contributed by atoms with van der Waals surface area (Å²) in [6.45, 7) is 4.46. The molecule has 85 valence electrons. The first-order valence-electron chi connectivity index (χ1n) is 6.13. The fraction of sp³-hybridized carbons (Fsp3) is 0.400. The summed E-state index contributed by atoms with van der Waals surface area (Å²) in [5, 5.41) is 0.906. The summed E-state index contributed by atoms with van der Waals surface area (Å²) >= 11 is 6.31. The molecule has 1 aliphatic rings. The number of halogens is 1. The van der Waals surface area contributed by atoms with Gasteiger partial charge >= 0.3 is 0 Å². The van der Waals surface area contributed by atoms with E-state index in [1.54, 1.807) is 0 Å². The molecule has 0 saturated carbocycles. The Morgan fingerprint density at radius 1 is 1.06 bits per heavy atom. The van der Waals surface area contributed by atoms with E-state index >= 15 is 0 Å². The van der Waals surface area contributed by atoms with Gasteiger partial charge in [-0.25, -0.2) is 0 Å². The van der Waals surface area contributed by atoms with Crippen molar-refractivity contribution in [3.63, 3.8) is 0 Å². The molecule has 0 atom stereocenters. The number of rotatable bonds is 4. The summed E-state index contributed by atoms with van der Waals surface area (Å²) in [6.07, 6.45) is 7.00. The largest absolute Gasteiger partial charge is 0.0837 e. The standard InChI is InChI=1S/C15H18Cl/c1-3-6-11-10-12-8-5-9-14(16)15(12)13(11)7-4-2/h5,8-10H,3-4,6-7H2,1-2H3. The predicted octanol–water partition coefficient (Wildman–Crippen LogP) is 5.26. The van der Waals surface area contributed by atoms with Crippen molar-refractivity contribution in [2.75, 3.05) is 0 Å². The van der Waals surface area contributed by atoms with Crippen LogP contribution in [0.15, 0.2) is 23.8 Å². The highest BCUT2D eigenvalue weighted by atomic mass is 35.5. The number of allylic oxidation sites excluding steroid dienone is 2. The quantitative estimate of drug-likeness (QED) is 0.666. The van der Waals surface area contributed by atoms with Crippen LogP contribution in [-0.2, 0) is 0 Å². The summed E-state index contributed by atoms with van der Waals surface area (Å²) < 4.78 is 0. The van der Waals surface area contributed by atoms with Crippen molar-refractivity contribution in [1.82, 2.24) is 0 Å². The van der Waals surface area contributed by atoms with Crippen molar-refractivity contribution in [3.05, 3.63) is 46.3 Å². The molecule has 1 aromatic carbocycles. The highest BCUT2D eigenvalue weighted by Crippen LogP contribution is 2.42. The van der Waals surface area contributed by atoms with Crippen LogP contribution in [-0.4, -0.2) is 0 Å². The van der Waals surface area contributed by atoms with Gasteiger partial charge in [-0.15, -0.1) is 0 Å². The molecule has 1 radical (unpaired) electrons. The zero-order valence-electron chi connectivity index (χ0n) is 10.0. The molecule has 0 N–H and O–H groups in total. The van der Waals surface area contributed by atoms with E-state index in [1.807, 2.05) is 12.1 Å². The first kappa shape index (κ1) is 11.7. The summed E-state index contributed by atoms with van der Waals surface area (Å²) in [5.74, 6) is 0. The molecule has 0 saturated heterocycles. The topological polar surface area (TPSA) is 0 Å². The smallest absolute Gasteiger partial charge is 0.0484 e. The van der Waals surface area contributed by atoms with Crippen LogP contribution in [0.25, 0.3) is 5.57 Å². The lowest BCUT2D eigenvalue weighted by Crippen LogP contribution is -1.86. The minimum absolute atomic E-state index is 0.906. The molecule has 1 heteroatoms. The Labute approximate surface area is 103 Å². The normalized spacial score (nSPS) is 14.4. The van der Waals surface area contributed by atoms with Crippen LogP contribution < -0.4 is 0 Å². The van der Waals surface area contributed by atoms with Crippen molar-refractivity contribution >= 4 is 17.2 Å². The Kier molecular flexibility index (Phi) is 3.70. The zero-order chi connectivity index (χ0) is 11.5. The second-order valence-electron chi connectivity index (χ2n) is 4.35. The summed E-state index contributed by atoms with van der Waals surface area (Å²) in [4.78, 5) is 0. The Morgan fingerprint density at radius 2 is 1.81 bits per heavy atom. The maximum Gasteiger partial charge on any atom is 0.0484 e. The van der Waals surface area contributed by atoms with Crippen LogP contribution in [0.2, 0.25) is 5.02 Å². The molecule has 0 spiro atoms. The lowest BCUT2D eigenvalue weighted by Gasteiger charge is -2.08. The molecule has 16 heavy (non-hydrogen) atoms. The van der Waals surface area contributed by atoms with Crippen LogP contribution in [0.5, 0.6) is 0 Å². The molecule has 0 unspecified atom stereocenters. The van der Waals surface area contributed by atoms with Crippen LogP contribution in [0.1, 0.15) is 50.7 Å². The molecule has 0 bridgehead atoms. The SMILES string of the molecule is CCCC1=C(CCC)c2c(Cl)cccc2[CH]1. The third kappa shape index (κ3) is 2.04. The number of hydrogen-bond donors (Lipinski definition) is 0. The van der Waals surface area contributed by atoms with Gasteiger partial charge in [0.25, 0.3) is 0 Å². The molecule has 0 fully saturated rings. The van der Waals surface area contributed by atoms with Gasteiger partial charge in [-0.2, -0.15) is 0 Å². The summed E-state index contributed by atoms with van der Waals surface area (Å²) in [5.41, 5.74) is 5.56. The first-order valence-corrected chi connectivity index (χ1v) is 6.51. The molecule has 1 aromatic rings. The maximum atomic E-state index is 6.31. The number of hydrogen-bond acceptors (Lipinski definition) is 0. The Morgan fingerprint density at radius 3 is 2.50 bits per heavy atom. The molecule has 1 aliphatic carbocycles. The molecule has 0 aliphatic heterocycles. The van der Waals surface area contributed by atoms with Crippen molar-refractivity contribution in [2.45, 2.75) is 39.5 Å². The van der Waals surface area contributed by atoms with Gasteiger partial charge in [0.15, 0.2) is 0 Å². The van der Waals surface area contributed by atoms with Crippen LogP contribution in [0.3, 0.4) is 0 Å². The van der Waals surface area contributed by atoms with E-state index in [9.17, 15) is 0 Å². The van der Waals surface area contributed by atoms with Crippen LogP contribution >= 0.6 is 11.6 Å². The second kappa shape index (κ2) is 5.05. The summed E-state index contributed by atoms with van der Waals surface area (Å²) in [7, 11) is 0. The Balaban J connectivity index is 2.43. The summed E-state index contributed by atoms with van der Waals surface area (Å²) in [6, 6.07) is 6.20. The van der Waals surface area contributed by atoms with Gasteiger partial charge in [0.05, 0.1) is 0 Å². The van der Waals surface area contributed by atoms with E-state index in [1.165, 1.54) is 41.5 Å². The average Bonchev–Trinajstić information content (AvgIpc) is 2.59. The van der Waals surface area contributed by atoms with Gasteiger partial charge in [0.2, 0.25) is 0 Å². The predicted molar refractivity (Wildman–Crippen MR) is 71.6 cm³/mol. The molecule has 0 heterocycles. The lowest BCUT2D eigenvalue weighted by atomic mass is 9.99. The van der Waals surface area contributed by atoms with E-state index < -0.39 is 0 Å². The third-order valence-electron chi connectivity index (χ3n) is 3.08. The maximum absolute atomic E-state index is 6.31. The van der Waals surface area contributed by atoms with Gasteiger partial charge in [-0.3, -0.25) is 0 Å². The fourth-order valence-electron chi connectivity index (χ4n) is 2.44. The highest BCUT2D eigenvalue weighted by Gasteiger charge is 2.22. The average molecular weight is 234 g/mol. The van der Waals surface area contributed by atoms with E-state index in [0.717, 1.165) is 11.4 Å². The van der Waals surface area contributed by atoms with E-state index in [-0.39, 0.29) is 0 Å². The van der Waals surface area contributed by atoms with E-state index in [0.29, 0.717) is 0 Å². The van der Waals surface area contributed by atoms with Gasteiger partial charge in [-0.1, -0.05) is 56.0 Å². The highest BCUT2D eigenvalue weighted by molar-refractivity contribution is 6.32. The molecule has 2 rings (SSSR count). The molecular formula is C15H18Cl. The van der Waals surface area contributed by atoms with Gasteiger partial charge in [0.1, 0.15) is 0 Å². The number of fused-ring (bicyclic) bond motifs is 1. The minimum atomic E-state index is 0.906. The van der Waals surface area contributed by atoms with Gasteiger partial charge < -0.3 is 0 Å². The molecule has 0 aromatic heterocycles. The van der Waals surface area contributed by atoms with Crippen molar-refractivity contribution in [3.8, 4) is 0 Å². The van der Waals surface area contributed by atoms with Gasteiger partial charge in [0, 0.05) is 17.0 Å². The molecule has 0 amide bonds. The minimum Gasteiger partial charge on any atom is -0.0837 e. The number of benzene rings is 1. The first-order chi connectivity index (χ1) is 7.77. The van der Waals surface area contributed by atoms with Crippen molar-refractivity contribution in [2.24, 2.45) is 0 Å². The molecular weight excluding hydrogens is 216 g/mol. The Hall–Kier alpha value is -0.750.